The van der Waals surface area contributed by atoms with Crippen LogP contribution in [-0.2, 0) is 16.6 Å². The smallest absolute Gasteiger partial charge is 0.329 e. The number of carbonyl (C=O) groups is 1. The minimum atomic E-state index is -3.87. The van der Waals surface area contributed by atoms with Gasteiger partial charge in [0.15, 0.2) is 0 Å². The lowest BCUT2D eigenvalue weighted by Crippen LogP contribution is -2.39. The van der Waals surface area contributed by atoms with Crippen LogP contribution in [0, 0.1) is 13.8 Å². The molecule has 0 bridgehead atoms. The van der Waals surface area contributed by atoms with E-state index in [2.05, 4.69) is 10.3 Å². The molecule has 0 unspecified atom stereocenters. The highest BCUT2D eigenvalue weighted by Gasteiger charge is 2.17. The van der Waals surface area contributed by atoms with Gasteiger partial charge < -0.3 is 5.32 Å². The molecule has 116 valence electrons. The second-order valence-corrected chi connectivity index (χ2v) is 6.55. The summed E-state index contributed by atoms with van der Waals surface area (Å²) >= 11 is 0. The molecule has 1 aromatic heterocycles. The summed E-state index contributed by atoms with van der Waals surface area (Å²) in [6.45, 7) is 3.84. The fraction of sp³-hybridized carbons (Fsp3) is 0.200. The largest absolute Gasteiger partial charge is 0.332 e. The maximum atomic E-state index is 12.0. The summed E-state index contributed by atoms with van der Waals surface area (Å²) in [4.78, 5) is 16.0. The second-order valence-electron chi connectivity index (χ2n) is 4.87. The van der Waals surface area contributed by atoms with E-state index in [4.69, 9.17) is 0 Å². The number of aromatic nitrogens is 1. The van der Waals surface area contributed by atoms with Crippen LogP contribution in [0.15, 0.2) is 47.4 Å². The van der Waals surface area contributed by atoms with Crippen molar-refractivity contribution in [3.63, 3.8) is 0 Å². The highest BCUT2D eigenvalue weighted by atomic mass is 32.2. The number of benzene rings is 1. The van der Waals surface area contributed by atoms with Crippen molar-refractivity contribution in [3.05, 3.63) is 59.4 Å². The first-order valence-electron chi connectivity index (χ1n) is 6.67. The number of amides is 2. The minimum Gasteiger partial charge on any atom is -0.332 e. The predicted molar refractivity (Wildman–Crippen MR) is 82.7 cm³/mol. The van der Waals surface area contributed by atoms with E-state index < -0.39 is 16.1 Å². The lowest BCUT2D eigenvalue weighted by atomic mass is 10.2. The van der Waals surface area contributed by atoms with Gasteiger partial charge in [-0.3, -0.25) is 4.98 Å². The summed E-state index contributed by atoms with van der Waals surface area (Å²) in [5.41, 5.74) is 2.42. The summed E-state index contributed by atoms with van der Waals surface area (Å²) in [5.74, 6) is 0. The third-order valence-corrected chi connectivity index (χ3v) is 4.28. The molecule has 2 N–H and O–H groups in total. The van der Waals surface area contributed by atoms with Crippen LogP contribution in [0.2, 0.25) is 0 Å². The Labute approximate surface area is 129 Å². The third kappa shape index (κ3) is 4.29. The Kier molecular flexibility index (Phi) is 4.77. The number of pyridine rings is 1. The molecule has 0 radical (unpaired) electrons. The third-order valence-electron chi connectivity index (χ3n) is 2.93. The average Bonchev–Trinajstić information content (AvgIpc) is 2.45. The second kappa shape index (κ2) is 6.57. The fourth-order valence-corrected chi connectivity index (χ4v) is 2.73. The molecular formula is C15H17N3O3S. The van der Waals surface area contributed by atoms with Crippen LogP contribution in [0.5, 0.6) is 0 Å². The Morgan fingerprint density at radius 1 is 1.09 bits per heavy atom. The van der Waals surface area contributed by atoms with Crippen molar-refractivity contribution < 1.29 is 13.2 Å². The summed E-state index contributed by atoms with van der Waals surface area (Å²) in [7, 11) is -3.87. The molecule has 0 aliphatic carbocycles. The first kappa shape index (κ1) is 16.0. The highest BCUT2D eigenvalue weighted by molar-refractivity contribution is 7.90. The van der Waals surface area contributed by atoms with E-state index in [1.807, 2.05) is 30.7 Å². The zero-order valence-electron chi connectivity index (χ0n) is 12.3. The zero-order valence-corrected chi connectivity index (χ0v) is 13.1. The predicted octanol–water partition coefficient (Wildman–Crippen LogP) is 1.89. The zero-order chi connectivity index (χ0) is 16.2. The van der Waals surface area contributed by atoms with E-state index in [1.165, 1.54) is 12.1 Å². The standard InChI is InChI=1S/C15H17N3O3S/c1-11-6-8-14(9-7-11)22(20,21)18-15(19)16-10-13-5-3-4-12(2)17-13/h3-9H,10H2,1-2H3,(H2,16,18,19). The molecule has 2 aromatic rings. The van der Waals surface area contributed by atoms with Crippen LogP contribution >= 0.6 is 0 Å². The Balaban J connectivity index is 1.97. The highest BCUT2D eigenvalue weighted by Crippen LogP contribution is 2.09. The van der Waals surface area contributed by atoms with Gasteiger partial charge >= 0.3 is 6.03 Å². The molecule has 0 atom stereocenters. The Morgan fingerprint density at radius 2 is 1.77 bits per heavy atom. The van der Waals surface area contributed by atoms with Gasteiger partial charge in [0.05, 0.1) is 17.1 Å². The van der Waals surface area contributed by atoms with Crippen molar-refractivity contribution in [1.29, 1.82) is 0 Å². The number of urea groups is 1. The van der Waals surface area contributed by atoms with E-state index in [0.717, 1.165) is 11.3 Å². The number of nitrogens with one attached hydrogen (secondary N) is 2. The molecule has 0 saturated heterocycles. The van der Waals surface area contributed by atoms with Crippen LogP contribution in [0.1, 0.15) is 17.0 Å². The van der Waals surface area contributed by atoms with Gasteiger partial charge in [-0.25, -0.2) is 17.9 Å². The van der Waals surface area contributed by atoms with Gasteiger partial charge in [0, 0.05) is 5.69 Å². The molecule has 22 heavy (non-hydrogen) atoms. The van der Waals surface area contributed by atoms with Gasteiger partial charge in [0.25, 0.3) is 10.0 Å². The van der Waals surface area contributed by atoms with Crippen LogP contribution in [0.4, 0.5) is 4.79 Å². The fourth-order valence-electron chi connectivity index (χ4n) is 1.80. The van der Waals surface area contributed by atoms with Gasteiger partial charge in [0.1, 0.15) is 0 Å². The maximum absolute atomic E-state index is 12.0. The van der Waals surface area contributed by atoms with Crippen LogP contribution in [0.25, 0.3) is 0 Å². The lowest BCUT2D eigenvalue weighted by molar-refractivity contribution is 0.245. The molecule has 0 aliphatic rings. The van der Waals surface area contributed by atoms with Crippen LogP contribution in [-0.4, -0.2) is 19.4 Å². The molecule has 0 fully saturated rings. The summed E-state index contributed by atoms with van der Waals surface area (Å²) < 4.78 is 26.0. The maximum Gasteiger partial charge on any atom is 0.329 e. The van der Waals surface area contributed by atoms with Gasteiger partial charge in [-0.15, -0.1) is 0 Å². The summed E-state index contributed by atoms with van der Waals surface area (Å²) in [5, 5.41) is 2.47. The van der Waals surface area contributed by atoms with Crippen LogP contribution in [0.3, 0.4) is 0 Å². The molecule has 0 spiro atoms. The van der Waals surface area contributed by atoms with Crippen LogP contribution < -0.4 is 10.0 Å². The lowest BCUT2D eigenvalue weighted by Gasteiger charge is -2.09. The van der Waals surface area contributed by atoms with Crippen molar-refractivity contribution in [2.45, 2.75) is 25.3 Å². The molecule has 1 heterocycles. The summed E-state index contributed by atoms with van der Waals surface area (Å²) in [6.07, 6.45) is 0. The van der Waals surface area contributed by atoms with Crippen molar-refractivity contribution in [1.82, 2.24) is 15.0 Å². The number of hydrogen-bond donors (Lipinski definition) is 2. The van der Waals surface area contributed by atoms with Crippen molar-refractivity contribution >= 4 is 16.1 Å². The molecule has 0 saturated carbocycles. The van der Waals surface area contributed by atoms with Crippen molar-refractivity contribution in [2.75, 3.05) is 0 Å². The molecule has 0 aliphatic heterocycles. The SMILES string of the molecule is Cc1ccc(S(=O)(=O)NC(=O)NCc2cccc(C)n2)cc1. The van der Waals surface area contributed by atoms with E-state index in [9.17, 15) is 13.2 Å². The number of nitrogens with zero attached hydrogens (tertiary/aromatic N) is 1. The van der Waals surface area contributed by atoms with E-state index in [1.54, 1.807) is 18.2 Å². The topological polar surface area (TPSA) is 88.2 Å². The number of carbonyl (C=O) groups excluding carboxylic acids is 1. The molecule has 6 nitrogen and oxygen atoms in total. The quantitative estimate of drug-likeness (QED) is 0.900. The molecule has 7 heteroatoms. The first-order chi connectivity index (χ1) is 10.4. The number of aryl methyl sites for hydroxylation is 2. The van der Waals surface area contributed by atoms with Gasteiger partial charge in [-0.1, -0.05) is 23.8 Å². The number of sulfonamides is 1. The number of hydrogen-bond acceptors (Lipinski definition) is 4. The Bertz CT molecular complexity index is 771. The Hall–Kier alpha value is -2.41. The van der Waals surface area contributed by atoms with Crippen molar-refractivity contribution in [2.24, 2.45) is 0 Å². The van der Waals surface area contributed by atoms with E-state index in [0.29, 0.717) is 5.69 Å². The van der Waals surface area contributed by atoms with Gasteiger partial charge in [-0.05, 0) is 38.1 Å². The van der Waals surface area contributed by atoms with Gasteiger partial charge in [0.2, 0.25) is 0 Å². The summed E-state index contributed by atoms with van der Waals surface area (Å²) in [6, 6.07) is 10.9. The Morgan fingerprint density at radius 3 is 2.41 bits per heavy atom. The molecule has 2 rings (SSSR count). The molecule has 1 aromatic carbocycles. The normalized spacial score (nSPS) is 11.0. The average molecular weight is 319 g/mol. The number of rotatable bonds is 4. The van der Waals surface area contributed by atoms with E-state index >= 15 is 0 Å². The van der Waals surface area contributed by atoms with Gasteiger partial charge in [-0.2, -0.15) is 0 Å². The molecule has 2 amide bonds. The van der Waals surface area contributed by atoms with E-state index in [-0.39, 0.29) is 11.4 Å². The molecular weight excluding hydrogens is 302 g/mol. The minimum absolute atomic E-state index is 0.0435. The monoisotopic (exact) mass is 319 g/mol. The van der Waals surface area contributed by atoms with Crippen molar-refractivity contribution in [3.8, 4) is 0 Å². The first-order valence-corrected chi connectivity index (χ1v) is 8.15.